The van der Waals surface area contributed by atoms with Gasteiger partial charge in [-0.25, -0.2) is 18.7 Å². The molecule has 198 valence electrons. The van der Waals surface area contributed by atoms with Crippen LogP contribution in [-0.4, -0.2) is 24.6 Å². The summed E-state index contributed by atoms with van der Waals surface area (Å²) in [5.41, 5.74) is 0.656. The first kappa shape index (κ1) is 27.6. The predicted molar refractivity (Wildman–Crippen MR) is 141 cm³/mol. The molecule has 1 N–H and O–H groups in total. The second-order valence-corrected chi connectivity index (χ2v) is 10.1. The maximum Gasteiger partial charge on any atom is 0.280 e. The second-order valence-electron chi connectivity index (χ2n) is 9.35. The zero-order valence-corrected chi connectivity index (χ0v) is 22.7. The average molecular weight is 561 g/mol. The topological polar surface area (TPSA) is 90.1 Å². The molecule has 2 aromatic carbocycles. The third kappa shape index (κ3) is 5.41. The minimum absolute atomic E-state index is 0.0880. The van der Waals surface area contributed by atoms with Gasteiger partial charge in [-0.1, -0.05) is 29.3 Å². The van der Waals surface area contributed by atoms with Crippen LogP contribution in [0.2, 0.25) is 10.0 Å². The molecule has 0 atom stereocenters. The van der Waals surface area contributed by atoms with Crippen molar-refractivity contribution in [3.05, 3.63) is 96.9 Å². The third-order valence-electron chi connectivity index (χ3n) is 5.84. The summed E-state index contributed by atoms with van der Waals surface area (Å²) in [5, 5.41) is 10.3. The molecular weight excluding hydrogens is 537 g/mol. The molecule has 0 saturated heterocycles. The summed E-state index contributed by atoms with van der Waals surface area (Å²) in [6, 6.07) is 7.10. The fraction of sp³-hybridized carbons (Fsp3) is 0.259. The summed E-state index contributed by atoms with van der Waals surface area (Å²) in [7, 11) is 0. The highest BCUT2D eigenvalue weighted by atomic mass is 35.5. The zero-order valence-electron chi connectivity index (χ0n) is 21.2. The summed E-state index contributed by atoms with van der Waals surface area (Å²) in [6.07, 6.45) is 1.61. The number of aryl methyl sites for hydroxylation is 3. The molecule has 0 spiro atoms. The fourth-order valence-electron chi connectivity index (χ4n) is 3.80. The molecule has 2 aromatic heterocycles. The Morgan fingerprint density at radius 2 is 1.74 bits per heavy atom. The van der Waals surface area contributed by atoms with Crippen LogP contribution in [0.3, 0.4) is 0 Å². The number of hydrogen-bond acceptors (Lipinski definition) is 6. The lowest BCUT2D eigenvalue weighted by molar-refractivity contribution is 0.0688. The number of aromatic nitrogens is 4. The van der Waals surface area contributed by atoms with E-state index in [0.717, 1.165) is 11.6 Å². The number of ether oxygens (including phenoxy) is 1. The summed E-state index contributed by atoms with van der Waals surface area (Å²) < 4.78 is 34.5. The van der Waals surface area contributed by atoms with Crippen LogP contribution in [0, 0.1) is 32.4 Å². The zero-order chi connectivity index (χ0) is 27.9. The Labute approximate surface area is 227 Å². The number of rotatable bonds is 6. The molecule has 0 fully saturated rings. The van der Waals surface area contributed by atoms with Gasteiger partial charge in [-0.3, -0.25) is 9.36 Å². The molecule has 2 heterocycles. The number of aliphatic hydroxyl groups is 1. The molecule has 4 rings (SSSR count). The Morgan fingerprint density at radius 3 is 2.42 bits per heavy atom. The minimum atomic E-state index is -1.26. The van der Waals surface area contributed by atoms with E-state index in [1.54, 1.807) is 45.2 Å². The van der Waals surface area contributed by atoms with Gasteiger partial charge in [0.25, 0.3) is 5.56 Å². The Kier molecular flexibility index (Phi) is 7.56. The Bertz CT molecular complexity index is 1620. The molecule has 4 aromatic rings. The van der Waals surface area contributed by atoms with Crippen LogP contribution in [0.15, 0.2) is 41.3 Å². The van der Waals surface area contributed by atoms with Crippen LogP contribution in [0.5, 0.6) is 5.88 Å². The van der Waals surface area contributed by atoms with Crippen LogP contribution < -0.4 is 10.3 Å². The molecule has 0 radical (unpaired) electrons. The van der Waals surface area contributed by atoms with E-state index in [-0.39, 0.29) is 45.3 Å². The molecule has 0 bridgehead atoms. The van der Waals surface area contributed by atoms with Crippen LogP contribution >= 0.6 is 23.2 Å². The van der Waals surface area contributed by atoms with E-state index in [1.807, 2.05) is 6.92 Å². The number of nitrogens with zero attached hydrogens (tertiary/aromatic N) is 4. The average Bonchev–Trinajstić information content (AvgIpc) is 2.84. The first-order chi connectivity index (χ1) is 17.8. The van der Waals surface area contributed by atoms with E-state index >= 15 is 0 Å². The van der Waals surface area contributed by atoms with Gasteiger partial charge in [0, 0.05) is 23.4 Å². The van der Waals surface area contributed by atoms with Gasteiger partial charge in [-0.05, 0) is 63.9 Å². The predicted octanol–water partition coefficient (Wildman–Crippen LogP) is 6.01. The third-order valence-corrected chi connectivity index (χ3v) is 6.48. The molecule has 0 aliphatic heterocycles. The molecule has 0 unspecified atom stereocenters. The smallest absolute Gasteiger partial charge is 0.280 e. The number of halogens is 4. The monoisotopic (exact) mass is 560 g/mol. The lowest BCUT2D eigenvalue weighted by Gasteiger charge is -2.18. The van der Waals surface area contributed by atoms with Gasteiger partial charge in [0.1, 0.15) is 29.7 Å². The minimum Gasteiger partial charge on any atom is -0.471 e. The molecular formula is C27H24Cl2F2N4O3. The number of hydrogen-bond donors (Lipinski definition) is 1. The van der Waals surface area contributed by atoms with Crippen molar-refractivity contribution in [1.29, 1.82) is 0 Å². The van der Waals surface area contributed by atoms with Gasteiger partial charge in [0.15, 0.2) is 10.8 Å². The van der Waals surface area contributed by atoms with Crippen molar-refractivity contribution in [2.24, 2.45) is 0 Å². The van der Waals surface area contributed by atoms with E-state index < -0.39 is 22.8 Å². The lowest BCUT2D eigenvalue weighted by atomic mass is 10.0. The lowest BCUT2D eigenvalue weighted by Crippen LogP contribution is -2.24. The van der Waals surface area contributed by atoms with Gasteiger partial charge >= 0.3 is 0 Å². The molecule has 38 heavy (non-hydrogen) atoms. The van der Waals surface area contributed by atoms with Crippen molar-refractivity contribution in [3.63, 3.8) is 0 Å². The van der Waals surface area contributed by atoms with E-state index in [0.29, 0.717) is 16.9 Å². The summed E-state index contributed by atoms with van der Waals surface area (Å²) >= 11 is 12.8. The Morgan fingerprint density at radius 1 is 1.03 bits per heavy atom. The highest BCUT2D eigenvalue weighted by molar-refractivity contribution is 6.33. The van der Waals surface area contributed by atoms with Crippen molar-refractivity contribution in [2.75, 3.05) is 0 Å². The molecule has 7 nitrogen and oxygen atoms in total. The standard InChI is InChI=1S/C27H24Cl2F2N4O3/c1-13-8-17(20(31)10-19(13)30)12-38-24-22(29)25(36)35(15(3)33-24)21-9-16(6-7-18(21)28)23-14(2)11-32-26(34-23)27(4,5)37/h6-11,37H,12H2,1-5H3. The van der Waals surface area contributed by atoms with Crippen molar-refractivity contribution in [1.82, 2.24) is 19.5 Å². The quantitative estimate of drug-likeness (QED) is 0.310. The van der Waals surface area contributed by atoms with E-state index in [4.69, 9.17) is 27.9 Å². The van der Waals surface area contributed by atoms with Crippen molar-refractivity contribution in [3.8, 4) is 22.8 Å². The maximum atomic E-state index is 14.1. The Balaban J connectivity index is 1.75. The van der Waals surface area contributed by atoms with Crippen LogP contribution in [0.1, 0.15) is 42.2 Å². The highest BCUT2D eigenvalue weighted by Crippen LogP contribution is 2.31. The molecule has 11 heteroatoms. The van der Waals surface area contributed by atoms with Crippen molar-refractivity contribution >= 4 is 23.2 Å². The summed E-state index contributed by atoms with van der Waals surface area (Å²) in [6.45, 7) is 7.75. The van der Waals surface area contributed by atoms with Crippen LogP contribution in [0.25, 0.3) is 16.9 Å². The normalized spacial score (nSPS) is 11.6. The van der Waals surface area contributed by atoms with Crippen molar-refractivity contribution in [2.45, 2.75) is 46.8 Å². The van der Waals surface area contributed by atoms with Gasteiger partial charge in [-0.15, -0.1) is 0 Å². The summed E-state index contributed by atoms with van der Waals surface area (Å²) in [4.78, 5) is 26.3. The van der Waals surface area contributed by atoms with E-state index in [9.17, 15) is 18.7 Å². The highest BCUT2D eigenvalue weighted by Gasteiger charge is 2.22. The first-order valence-electron chi connectivity index (χ1n) is 11.5. The largest absolute Gasteiger partial charge is 0.471 e. The molecule has 0 aliphatic rings. The first-order valence-corrected chi connectivity index (χ1v) is 12.3. The van der Waals surface area contributed by atoms with Crippen LogP contribution in [0.4, 0.5) is 8.78 Å². The second kappa shape index (κ2) is 10.4. The van der Waals surface area contributed by atoms with Crippen molar-refractivity contribution < 1.29 is 18.6 Å². The van der Waals surface area contributed by atoms with E-state index in [2.05, 4.69) is 15.0 Å². The van der Waals surface area contributed by atoms with Gasteiger partial charge in [0.05, 0.1) is 16.4 Å². The SMILES string of the molecule is Cc1cc(COc2nc(C)n(-c3cc(-c4nc(C(C)(C)O)ncc4C)ccc3Cl)c(=O)c2Cl)c(F)cc1F. The number of benzene rings is 2. The van der Waals surface area contributed by atoms with Gasteiger partial charge in [-0.2, -0.15) is 4.98 Å². The molecule has 0 saturated carbocycles. The summed E-state index contributed by atoms with van der Waals surface area (Å²) in [5.74, 6) is -1.21. The van der Waals surface area contributed by atoms with Crippen LogP contribution in [-0.2, 0) is 12.2 Å². The maximum absolute atomic E-state index is 14.1. The molecule has 0 aliphatic carbocycles. The van der Waals surface area contributed by atoms with Gasteiger partial charge in [0.2, 0.25) is 5.88 Å². The fourth-order valence-corrected chi connectivity index (χ4v) is 4.18. The van der Waals surface area contributed by atoms with Gasteiger partial charge < -0.3 is 9.84 Å². The van der Waals surface area contributed by atoms with E-state index in [1.165, 1.54) is 17.6 Å². The molecule has 0 amide bonds. The Hall–Kier alpha value is -3.40.